The van der Waals surface area contributed by atoms with Crippen molar-refractivity contribution in [3.05, 3.63) is 28.8 Å². The number of hydrogen-bond acceptors (Lipinski definition) is 4. The fraction of sp³-hybridized carbons (Fsp3) is 0.529. The van der Waals surface area contributed by atoms with Gasteiger partial charge in [-0.2, -0.15) is 0 Å². The lowest BCUT2D eigenvalue weighted by atomic mass is 9.89. The molecule has 0 spiro atoms. The van der Waals surface area contributed by atoms with E-state index < -0.39 is 5.97 Å². The fourth-order valence-corrected chi connectivity index (χ4v) is 3.95. The lowest BCUT2D eigenvalue weighted by Gasteiger charge is -2.28. The summed E-state index contributed by atoms with van der Waals surface area (Å²) < 4.78 is 4.69. The Balaban J connectivity index is 1.61. The molecule has 0 aromatic heterocycles. The van der Waals surface area contributed by atoms with Gasteiger partial charge in [-0.1, -0.05) is 11.6 Å². The number of methoxy groups -OCH3 is 1. The zero-order valence-corrected chi connectivity index (χ0v) is 13.9. The van der Waals surface area contributed by atoms with Gasteiger partial charge in [0.25, 0.3) is 0 Å². The van der Waals surface area contributed by atoms with Crippen LogP contribution < -0.4 is 10.6 Å². The number of fused-ring (bicyclic) bond motifs is 2. The first kappa shape index (κ1) is 16.3. The lowest BCUT2D eigenvalue weighted by molar-refractivity contribution is -0.117. The van der Waals surface area contributed by atoms with Crippen molar-refractivity contribution in [2.24, 2.45) is 5.92 Å². The molecule has 0 aliphatic carbocycles. The zero-order chi connectivity index (χ0) is 16.4. The van der Waals surface area contributed by atoms with Crippen molar-refractivity contribution in [1.29, 1.82) is 0 Å². The van der Waals surface area contributed by atoms with Crippen molar-refractivity contribution in [2.75, 3.05) is 12.4 Å². The van der Waals surface area contributed by atoms with Crippen LogP contribution in [0.2, 0.25) is 5.02 Å². The van der Waals surface area contributed by atoms with E-state index in [1.54, 1.807) is 12.1 Å². The van der Waals surface area contributed by atoms with Crippen LogP contribution in [0.3, 0.4) is 0 Å². The van der Waals surface area contributed by atoms with E-state index in [0.717, 1.165) is 12.8 Å². The summed E-state index contributed by atoms with van der Waals surface area (Å²) in [5.41, 5.74) is 0.856. The van der Waals surface area contributed by atoms with Gasteiger partial charge in [-0.05, 0) is 49.8 Å². The Morgan fingerprint density at radius 1 is 1.26 bits per heavy atom. The summed E-state index contributed by atoms with van der Waals surface area (Å²) in [4.78, 5) is 23.9. The summed E-state index contributed by atoms with van der Waals surface area (Å²) in [6.07, 6.45) is 5.08. The standard InChI is InChI=1S/C17H21ClN2O3/c1-23-17(22)11-7-12(18)9-15(8-11)20-16(21)6-10-4-13-2-3-14(5-10)19-13/h7-10,13-14,19H,2-6H2,1H3,(H,20,21)/t10?,13-,14+. The van der Waals surface area contributed by atoms with Crippen molar-refractivity contribution >= 4 is 29.2 Å². The van der Waals surface area contributed by atoms with Gasteiger partial charge in [-0.3, -0.25) is 4.79 Å². The van der Waals surface area contributed by atoms with E-state index in [-0.39, 0.29) is 5.91 Å². The summed E-state index contributed by atoms with van der Waals surface area (Å²) in [6.45, 7) is 0. The predicted octanol–water partition coefficient (Wildman–Crippen LogP) is 2.99. The number of ether oxygens (including phenoxy) is 1. The number of carbonyl (C=O) groups is 2. The summed E-state index contributed by atoms with van der Waals surface area (Å²) in [5, 5.41) is 6.82. The highest BCUT2D eigenvalue weighted by molar-refractivity contribution is 6.31. The largest absolute Gasteiger partial charge is 0.465 e. The summed E-state index contributed by atoms with van der Waals surface area (Å²) >= 11 is 6.01. The van der Waals surface area contributed by atoms with Gasteiger partial charge in [0.1, 0.15) is 0 Å². The van der Waals surface area contributed by atoms with Crippen molar-refractivity contribution in [2.45, 2.75) is 44.2 Å². The Hall–Kier alpha value is -1.59. The Bertz CT molecular complexity index is 608. The van der Waals surface area contributed by atoms with Gasteiger partial charge in [0.05, 0.1) is 12.7 Å². The molecule has 1 unspecified atom stereocenters. The highest BCUT2D eigenvalue weighted by atomic mass is 35.5. The number of halogens is 1. The van der Waals surface area contributed by atoms with E-state index in [2.05, 4.69) is 15.4 Å². The number of hydrogen-bond donors (Lipinski definition) is 2. The third kappa shape index (κ3) is 4.03. The second-order valence-electron chi connectivity index (χ2n) is 6.45. The Kier molecular flexibility index (Phi) is 4.87. The van der Waals surface area contributed by atoms with E-state index >= 15 is 0 Å². The van der Waals surface area contributed by atoms with Gasteiger partial charge in [0, 0.05) is 29.2 Å². The van der Waals surface area contributed by atoms with Gasteiger partial charge in [0.15, 0.2) is 0 Å². The smallest absolute Gasteiger partial charge is 0.337 e. The quantitative estimate of drug-likeness (QED) is 0.829. The van der Waals surface area contributed by atoms with Crippen molar-refractivity contribution in [3.8, 4) is 0 Å². The molecule has 3 atom stereocenters. The number of rotatable bonds is 4. The van der Waals surface area contributed by atoms with Gasteiger partial charge < -0.3 is 15.4 Å². The SMILES string of the molecule is COC(=O)c1cc(Cl)cc(NC(=O)CC2C[C@H]3CC[C@@H](C2)N3)c1. The molecule has 2 saturated heterocycles. The zero-order valence-electron chi connectivity index (χ0n) is 13.1. The Morgan fingerprint density at radius 2 is 1.96 bits per heavy atom. The molecule has 2 aliphatic rings. The molecule has 5 nitrogen and oxygen atoms in total. The molecule has 1 amide bonds. The molecule has 2 aliphatic heterocycles. The minimum Gasteiger partial charge on any atom is -0.465 e. The monoisotopic (exact) mass is 336 g/mol. The molecular weight excluding hydrogens is 316 g/mol. The molecule has 2 bridgehead atoms. The topological polar surface area (TPSA) is 67.4 Å². The van der Waals surface area contributed by atoms with Crippen LogP contribution in [-0.2, 0) is 9.53 Å². The van der Waals surface area contributed by atoms with Crippen molar-refractivity contribution < 1.29 is 14.3 Å². The first-order valence-electron chi connectivity index (χ1n) is 7.98. The van der Waals surface area contributed by atoms with Crippen LogP contribution in [0.5, 0.6) is 0 Å². The molecular formula is C17H21ClN2O3. The second-order valence-corrected chi connectivity index (χ2v) is 6.88. The maximum Gasteiger partial charge on any atom is 0.337 e. The van der Waals surface area contributed by atoms with Crippen molar-refractivity contribution in [3.63, 3.8) is 0 Å². The van der Waals surface area contributed by atoms with Gasteiger partial charge in [0.2, 0.25) is 5.91 Å². The average Bonchev–Trinajstić information content (AvgIpc) is 2.84. The van der Waals surface area contributed by atoms with Crippen LogP contribution in [0.1, 0.15) is 42.5 Å². The molecule has 3 rings (SSSR count). The molecule has 23 heavy (non-hydrogen) atoms. The van der Waals surface area contributed by atoms with E-state index in [1.165, 1.54) is 26.0 Å². The molecule has 2 heterocycles. The van der Waals surface area contributed by atoms with Gasteiger partial charge >= 0.3 is 5.97 Å². The van der Waals surface area contributed by atoms with E-state index in [9.17, 15) is 9.59 Å². The Labute approximate surface area is 140 Å². The summed E-state index contributed by atoms with van der Waals surface area (Å²) in [5.74, 6) is -0.0830. The molecule has 124 valence electrons. The van der Waals surface area contributed by atoms with Gasteiger partial charge in [-0.25, -0.2) is 4.79 Å². The third-order valence-electron chi connectivity index (χ3n) is 4.65. The van der Waals surface area contributed by atoms with E-state index in [1.807, 2.05) is 0 Å². The molecule has 6 heteroatoms. The van der Waals surface area contributed by atoms with Gasteiger partial charge in [-0.15, -0.1) is 0 Å². The van der Waals surface area contributed by atoms with Crippen LogP contribution in [0.15, 0.2) is 18.2 Å². The number of anilines is 1. The molecule has 2 N–H and O–H groups in total. The Morgan fingerprint density at radius 3 is 2.61 bits per heavy atom. The number of amides is 1. The van der Waals surface area contributed by atoms with Crippen LogP contribution in [0.4, 0.5) is 5.69 Å². The minimum atomic E-state index is -0.474. The maximum atomic E-state index is 12.3. The van der Waals surface area contributed by atoms with Crippen molar-refractivity contribution in [1.82, 2.24) is 5.32 Å². The van der Waals surface area contributed by atoms with E-state index in [4.69, 9.17) is 11.6 Å². The first-order chi connectivity index (χ1) is 11.0. The number of nitrogens with one attached hydrogen (secondary N) is 2. The summed E-state index contributed by atoms with van der Waals surface area (Å²) in [7, 11) is 1.31. The highest BCUT2D eigenvalue weighted by Crippen LogP contribution is 2.33. The molecule has 1 aromatic carbocycles. The fourth-order valence-electron chi connectivity index (χ4n) is 3.71. The van der Waals surface area contributed by atoms with Crippen LogP contribution in [0, 0.1) is 5.92 Å². The highest BCUT2D eigenvalue weighted by Gasteiger charge is 2.34. The summed E-state index contributed by atoms with van der Waals surface area (Å²) in [6, 6.07) is 5.89. The molecule has 2 fully saturated rings. The van der Waals surface area contributed by atoms with Crippen LogP contribution >= 0.6 is 11.6 Å². The number of piperidine rings is 1. The average molecular weight is 337 g/mol. The third-order valence-corrected chi connectivity index (χ3v) is 4.87. The molecule has 0 radical (unpaired) electrons. The molecule has 0 saturated carbocycles. The van der Waals surface area contributed by atoms with E-state index in [0.29, 0.717) is 40.7 Å². The lowest BCUT2D eigenvalue weighted by Crippen LogP contribution is -2.39. The number of benzene rings is 1. The second kappa shape index (κ2) is 6.89. The predicted molar refractivity (Wildman–Crippen MR) is 88.7 cm³/mol. The first-order valence-corrected chi connectivity index (χ1v) is 8.36. The number of esters is 1. The van der Waals surface area contributed by atoms with Crippen LogP contribution in [0.25, 0.3) is 0 Å². The normalized spacial score (nSPS) is 25.9. The van der Waals surface area contributed by atoms with Crippen LogP contribution in [-0.4, -0.2) is 31.1 Å². The maximum absolute atomic E-state index is 12.3. The number of carbonyl (C=O) groups excluding carboxylic acids is 2. The minimum absolute atomic E-state index is 0.0330. The molecule has 1 aromatic rings.